The predicted molar refractivity (Wildman–Crippen MR) is 84.3 cm³/mol. The van der Waals surface area contributed by atoms with E-state index in [2.05, 4.69) is 49.9 Å². The second-order valence-corrected chi connectivity index (χ2v) is 6.46. The van der Waals surface area contributed by atoms with Gasteiger partial charge in [-0.15, -0.1) is 0 Å². The molecule has 0 bridgehead atoms. The first kappa shape index (κ1) is 13.7. The van der Waals surface area contributed by atoms with Gasteiger partial charge in [0.1, 0.15) is 0 Å². The maximum atomic E-state index is 5.48. The summed E-state index contributed by atoms with van der Waals surface area (Å²) >= 11 is 0. The van der Waals surface area contributed by atoms with Gasteiger partial charge in [0, 0.05) is 37.4 Å². The maximum Gasteiger partial charge on any atom is 0.0480 e. The van der Waals surface area contributed by atoms with E-state index < -0.39 is 0 Å². The molecule has 0 unspecified atom stereocenters. The van der Waals surface area contributed by atoms with Crippen LogP contribution in [0.5, 0.6) is 0 Å². The summed E-state index contributed by atoms with van der Waals surface area (Å²) in [5.41, 5.74) is 4.31. The zero-order valence-electron chi connectivity index (χ0n) is 12.9. The first-order valence-corrected chi connectivity index (χ1v) is 7.80. The lowest BCUT2D eigenvalue weighted by Crippen LogP contribution is -2.17. The number of benzene rings is 1. The zero-order valence-corrected chi connectivity index (χ0v) is 12.9. The molecule has 1 aliphatic rings. The smallest absolute Gasteiger partial charge is 0.0480 e. The predicted octanol–water partition coefficient (Wildman–Crippen LogP) is 4.27. The van der Waals surface area contributed by atoms with E-state index in [9.17, 15) is 0 Å². The maximum absolute atomic E-state index is 5.48. The first-order chi connectivity index (χ1) is 9.65. The van der Waals surface area contributed by atoms with E-state index >= 15 is 0 Å². The molecule has 0 N–H and O–H groups in total. The van der Waals surface area contributed by atoms with Gasteiger partial charge >= 0.3 is 0 Å². The normalized spacial score (nSPS) is 17.2. The molecule has 2 heteroatoms. The van der Waals surface area contributed by atoms with E-state index in [0.29, 0.717) is 5.92 Å². The van der Waals surface area contributed by atoms with Crippen molar-refractivity contribution >= 4 is 10.9 Å². The molecule has 1 aromatic heterocycles. The summed E-state index contributed by atoms with van der Waals surface area (Å²) in [6.45, 7) is 6.41. The van der Waals surface area contributed by atoms with Gasteiger partial charge in [0.15, 0.2) is 0 Å². The van der Waals surface area contributed by atoms with Crippen molar-refractivity contribution in [2.45, 2.75) is 39.0 Å². The van der Waals surface area contributed by atoms with Crippen LogP contribution in [0.15, 0.2) is 24.4 Å². The SMILES string of the molecule is CC(C)c1ccc2c(c1)c(CC1CCOCC1)cn2C. The van der Waals surface area contributed by atoms with Crippen molar-refractivity contribution in [2.75, 3.05) is 13.2 Å². The molecule has 0 amide bonds. The number of hydrogen-bond donors (Lipinski definition) is 0. The molecule has 1 aliphatic heterocycles. The van der Waals surface area contributed by atoms with Gasteiger partial charge in [0.25, 0.3) is 0 Å². The average Bonchev–Trinajstić information content (AvgIpc) is 2.76. The third kappa shape index (κ3) is 2.62. The van der Waals surface area contributed by atoms with Crippen molar-refractivity contribution in [1.82, 2.24) is 4.57 Å². The Hall–Kier alpha value is -1.28. The minimum Gasteiger partial charge on any atom is -0.381 e. The van der Waals surface area contributed by atoms with Gasteiger partial charge in [-0.2, -0.15) is 0 Å². The van der Waals surface area contributed by atoms with Crippen molar-refractivity contribution in [3.8, 4) is 0 Å². The molecular formula is C18H25NO. The summed E-state index contributed by atoms with van der Waals surface area (Å²) in [5.74, 6) is 1.38. The average molecular weight is 271 g/mol. The summed E-state index contributed by atoms with van der Waals surface area (Å²) < 4.78 is 7.75. The molecule has 20 heavy (non-hydrogen) atoms. The number of aryl methyl sites for hydroxylation is 1. The lowest BCUT2D eigenvalue weighted by Gasteiger charge is -2.21. The summed E-state index contributed by atoms with van der Waals surface area (Å²) in [5, 5.41) is 1.45. The number of ether oxygens (including phenoxy) is 1. The quantitative estimate of drug-likeness (QED) is 0.813. The highest BCUT2D eigenvalue weighted by Crippen LogP contribution is 2.29. The number of nitrogens with zero attached hydrogens (tertiary/aromatic N) is 1. The largest absolute Gasteiger partial charge is 0.381 e. The van der Waals surface area contributed by atoms with E-state index in [1.54, 1.807) is 0 Å². The molecule has 0 spiro atoms. The Morgan fingerprint density at radius 3 is 2.70 bits per heavy atom. The van der Waals surface area contributed by atoms with Crippen LogP contribution in [0.4, 0.5) is 0 Å². The number of fused-ring (bicyclic) bond motifs is 1. The Morgan fingerprint density at radius 2 is 2.00 bits per heavy atom. The monoisotopic (exact) mass is 271 g/mol. The fraction of sp³-hybridized carbons (Fsp3) is 0.556. The van der Waals surface area contributed by atoms with Gasteiger partial charge in [-0.3, -0.25) is 0 Å². The van der Waals surface area contributed by atoms with Crippen LogP contribution >= 0.6 is 0 Å². The van der Waals surface area contributed by atoms with Crippen LogP contribution in [0.25, 0.3) is 10.9 Å². The second kappa shape index (κ2) is 5.61. The van der Waals surface area contributed by atoms with E-state index in [1.165, 1.54) is 41.3 Å². The molecule has 0 aliphatic carbocycles. The standard InChI is InChI=1S/C18H25NO/c1-13(2)15-4-5-18-17(11-15)16(12-19(18)3)10-14-6-8-20-9-7-14/h4-5,11-14H,6-10H2,1-3H3. The molecule has 0 saturated carbocycles. The topological polar surface area (TPSA) is 14.2 Å². The second-order valence-electron chi connectivity index (χ2n) is 6.46. The summed E-state index contributed by atoms with van der Waals surface area (Å²) in [7, 11) is 2.16. The van der Waals surface area contributed by atoms with Crippen LogP contribution in [-0.2, 0) is 18.2 Å². The lowest BCUT2D eigenvalue weighted by molar-refractivity contribution is 0.0666. The molecule has 2 aromatic rings. The third-order valence-electron chi connectivity index (χ3n) is 4.61. The van der Waals surface area contributed by atoms with Gasteiger partial charge in [0.2, 0.25) is 0 Å². The summed E-state index contributed by atoms with van der Waals surface area (Å²) in [6.07, 6.45) is 5.94. The highest BCUT2D eigenvalue weighted by Gasteiger charge is 2.17. The Bertz CT molecular complexity index is 591. The van der Waals surface area contributed by atoms with Gasteiger partial charge in [0.05, 0.1) is 0 Å². The van der Waals surface area contributed by atoms with Gasteiger partial charge in [-0.05, 0) is 54.4 Å². The summed E-state index contributed by atoms with van der Waals surface area (Å²) in [6, 6.07) is 6.94. The number of rotatable bonds is 3. The molecule has 3 rings (SSSR count). The first-order valence-electron chi connectivity index (χ1n) is 7.80. The van der Waals surface area contributed by atoms with Crippen LogP contribution in [0.3, 0.4) is 0 Å². The molecule has 1 saturated heterocycles. The van der Waals surface area contributed by atoms with E-state index in [-0.39, 0.29) is 0 Å². The Labute approximate surface area is 121 Å². The minimum atomic E-state index is 0.593. The lowest BCUT2D eigenvalue weighted by atomic mass is 9.91. The third-order valence-corrected chi connectivity index (χ3v) is 4.61. The molecule has 1 aromatic carbocycles. The Balaban J connectivity index is 1.94. The van der Waals surface area contributed by atoms with Gasteiger partial charge in [-0.25, -0.2) is 0 Å². The van der Waals surface area contributed by atoms with Crippen molar-refractivity contribution in [2.24, 2.45) is 13.0 Å². The van der Waals surface area contributed by atoms with E-state index in [1.807, 2.05) is 0 Å². The molecule has 0 atom stereocenters. The van der Waals surface area contributed by atoms with Gasteiger partial charge in [-0.1, -0.05) is 19.9 Å². The van der Waals surface area contributed by atoms with Crippen molar-refractivity contribution < 1.29 is 4.74 Å². The molecule has 1 fully saturated rings. The molecular weight excluding hydrogens is 246 g/mol. The van der Waals surface area contributed by atoms with Crippen LogP contribution in [0.1, 0.15) is 43.7 Å². The molecule has 2 heterocycles. The van der Waals surface area contributed by atoms with Crippen LogP contribution < -0.4 is 0 Å². The highest BCUT2D eigenvalue weighted by atomic mass is 16.5. The van der Waals surface area contributed by atoms with Crippen molar-refractivity contribution in [3.05, 3.63) is 35.5 Å². The van der Waals surface area contributed by atoms with Crippen molar-refractivity contribution in [3.63, 3.8) is 0 Å². The highest BCUT2D eigenvalue weighted by molar-refractivity contribution is 5.84. The van der Waals surface area contributed by atoms with Crippen LogP contribution in [-0.4, -0.2) is 17.8 Å². The zero-order chi connectivity index (χ0) is 14.1. The molecule has 108 valence electrons. The van der Waals surface area contributed by atoms with E-state index in [0.717, 1.165) is 19.1 Å². The van der Waals surface area contributed by atoms with Gasteiger partial charge < -0.3 is 9.30 Å². The fourth-order valence-electron chi connectivity index (χ4n) is 3.27. The minimum absolute atomic E-state index is 0.593. The van der Waals surface area contributed by atoms with E-state index in [4.69, 9.17) is 4.74 Å². The molecule has 2 nitrogen and oxygen atoms in total. The Kier molecular flexibility index (Phi) is 3.84. The van der Waals surface area contributed by atoms with Crippen LogP contribution in [0, 0.1) is 5.92 Å². The number of hydrogen-bond acceptors (Lipinski definition) is 1. The number of aromatic nitrogens is 1. The Morgan fingerprint density at radius 1 is 1.25 bits per heavy atom. The fourth-order valence-corrected chi connectivity index (χ4v) is 3.27. The molecule has 0 radical (unpaired) electrons. The van der Waals surface area contributed by atoms with Crippen molar-refractivity contribution in [1.29, 1.82) is 0 Å². The van der Waals surface area contributed by atoms with Crippen LogP contribution in [0.2, 0.25) is 0 Å². The summed E-state index contributed by atoms with van der Waals surface area (Å²) in [4.78, 5) is 0.